The molecule has 0 saturated heterocycles. The van der Waals surface area contributed by atoms with Gasteiger partial charge in [-0.2, -0.15) is 0 Å². The number of thiophene rings is 1. The van der Waals surface area contributed by atoms with Crippen molar-refractivity contribution >= 4 is 28.2 Å². The molecule has 74 valence electrons. The van der Waals surface area contributed by atoms with E-state index < -0.39 is 6.04 Å². The molecule has 4 nitrogen and oxygen atoms in total. The van der Waals surface area contributed by atoms with Gasteiger partial charge in [-0.3, -0.25) is 9.59 Å². The summed E-state index contributed by atoms with van der Waals surface area (Å²) in [6.07, 6.45) is 0. The fraction of sp³-hybridized carbons (Fsp3) is 0.333. The van der Waals surface area contributed by atoms with Gasteiger partial charge in [-0.25, -0.2) is 0 Å². The number of likely N-dealkylation sites (N-methyl/N-ethyl adjacent to an activating group) is 1. The lowest BCUT2D eigenvalue weighted by Gasteiger charge is -2.19. The van der Waals surface area contributed by atoms with Crippen LogP contribution in [0, 0.1) is 0 Å². The monoisotopic (exact) mass is 210 g/mol. The summed E-state index contributed by atoms with van der Waals surface area (Å²) in [5, 5.41) is 5.18. The average molecular weight is 210 g/mol. The average Bonchev–Trinajstić information content (AvgIpc) is 2.59. The summed E-state index contributed by atoms with van der Waals surface area (Å²) in [6, 6.07) is 1.32. The predicted molar refractivity (Wildman–Crippen MR) is 54.5 cm³/mol. The highest BCUT2D eigenvalue weighted by Crippen LogP contribution is 2.27. The second kappa shape index (κ2) is 3.09. The molecule has 1 N–H and O–H groups in total. The Morgan fingerprint density at radius 2 is 2.21 bits per heavy atom. The minimum atomic E-state index is -0.415. The molecule has 2 rings (SSSR count). The lowest BCUT2D eigenvalue weighted by Crippen LogP contribution is -2.40. The molecule has 0 unspecified atom stereocenters. The van der Waals surface area contributed by atoms with Crippen LogP contribution in [0.1, 0.15) is 17.3 Å². The molecule has 0 aromatic carbocycles. The molecule has 0 aliphatic carbocycles. The van der Waals surface area contributed by atoms with Crippen LogP contribution < -0.4 is 5.32 Å². The van der Waals surface area contributed by atoms with E-state index in [-0.39, 0.29) is 11.8 Å². The quantitative estimate of drug-likeness (QED) is 0.698. The van der Waals surface area contributed by atoms with Crippen molar-refractivity contribution in [3.8, 4) is 0 Å². The Kier molecular flexibility index (Phi) is 2.03. The van der Waals surface area contributed by atoms with E-state index in [0.29, 0.717) is 10.6 Å². The van der Waals surface area contributed by atoms with Gasteiger partial charge in [0.15, 0.2) is 0 Å². The van der Waals surface area contributed by atoms with Crippen molar-refractivity contribution in [2.45, 2.75) is 13.0 Å². The van der Waals surface area contributed by atoms with Gasteiger partial charge in [-0.1, -0.05) is 0 Å². The van der Waals surface area contributed by atoms with Crippen LogP contribution in [-0.2, 0) is 4.79 Å². The van der Waals surface area contributed by atoms with E-state index in [4.69, 9.17) is 0 Å². The van der Waals surface area contributed by atoms with Crippen molar-refractivity contribution in [1.82, 2.24) is 4.90 Å². The third kappa shape index (κ3) is 1.21. The Morgan fingerprint density at radius 3 is 2.93 bits per heavy atom. The fourth-order valence-electron chi connectivity index (χ4n) is 1.33. The number of hydrogen-bond acceptors (Lipinski definition) is 3. The van der Waals surface area contributed by atoms with Crippen molar-refractivity contribution in [3.05, 3.63) is 17.0 Å². The maximum absolute atomic E-state index is 11.8. The molecule has 1 aromatic heterocycles. The number of amides is 2. The fourth-order valence-corrected chi connectivity index (χ4v) is 2.11. The van der Waals surface area contributed by atoms with Crippen molar-refractivity contribution in [1.29, 1.82) is 0 Å². The summed E-state index contributed by atoms with van der Waals surface area (Å²) in [5.41, 5.74) is 0.579. The molecule has 1 aromatic rings. The Morgan fingerprint density at radius 1 is 1.50 bits per heavy atom. The highest BCUT2D eigenvalue weighted by Gasteiger charge is 2.30. The second-order valence-electron chi connectivity index (χ2n) is 3.24. The van der Waals surface area contributed by atoms with Gasteiger partial charge in [0.2, 0.25) is 5.91 Å². The molecule has 2 heterocycles. The van der Waals surface area contributed by atoms with Gasteiger partial charge < -0.3 is 10.2 Å². The molecule has 14 heavy (non-hydrogen) atoms. The maximum atomic E-state index is 11.8. The topological polar surface area (TPSA) is 49.4 Å². The summed E-state index contributed by atoms with van der Waals surface area (Å²) >= 11 is 1.37. The molecule has 2 amide bonds. The number of anilines is 1. The van der Waals surface area contributed by atoms with Gasteiger partial charge in [-0.15, -0.1) is 11.3 Å². The molecule has 1 aliphatic heterocycles. The van der Waals surface area contributed by atoms with Gasteiger partial charge in [0.25, 0.3) is 5.91 Å². The maximum Gasteiger partial charge on any atom is 0.257 e. The van der Waals surface area contributed by atoms with Gasteiger partial charge in [0, 0.05) is 7.05 Å². The number of hydrogen-bond donors (Lipinski definition) is 1. The van der Waals surface area contributed by atoms with Crippen LogP contribution in [0.2, 0.25) is 0 Å². The Labute approximate surface area is 85.5 Å². The normalized spacial score (nSPS) is 21.6. The van der Waals surface area contributed by atoms with E-state index in [1.54, 1.807) is 25.4 Å². The zero-order chi connectivity index (χ0) is 10.3. The lowest BCUT2D eigenvalue weighted by molar-refractivity contribution is -0.119. The first-order chi connectivity index (χ1) is 6.61. The molecule has 0 fully saturated rings. The molecule has 1 aliphatic rings. The Balaban J connectivity index is 2.49. The summed E-state index contributed by atoms with van der Waals surface area (Å²) < 4.78 is 0. The summed E-state index contributed by atoms with van der Waals surface area (Å²) in [6.45, 7) is 1.71. The summed E-state index contributed by atoms with van der Waals surface area (Å²) in [5.74, 6) is -0.242. The Hall–Kier alpha value is -1.36. The van der Waals surface area contributed by atoms with Crippen LogP contribution in [0.3, 0.4) is 0 Å². The van der Waals surface area contributed by atoms with Crippen LogP contribution in [0.4, 0.5) is 5.00 Å². The molecule has 0 bridgehead atoms. The number of fused-ring (bicyclic) bond motifs is 1. The minimum Gasteiger partial charge on any atom is -0.330 e. The molecule has 1 atom stereocenters. The van der Waals surface area contributed by atoms with Crippen molar-refractivity contribution in [3.63, 3.8) is 0 Å². The van der Waals surface area contributed by atoms with E-state index in [2.05, 4.69) is 5.32 Å². The second-order valence-corrected chi connectivity index (χ2v) is 4.16. The van der Waals surface area contributed by atoms with Crippen LogP contribution >= 0.6 is 11.3 Å². The van der Waals surface area contributed by atoms with Crippen molar-refractivity contribution in [2.24, 2.45) is 0 Å². The van der Waals surface area contributed by atoms with Crippen molar-refractivity contribution < 1.29 is 9.59 Å². The van der Waals surface area contributed by atoms with Crippen LogP contribution in [0.25, 0.3) is 0 Å². The summed E-state index contributed by atoms with van der Waals surface area (Å²) in [7, 11) is 1.64. The third-order valence-corrected chi connectivity index (χ3v) is 3.24. The number of carbonyl (C=O) groups is 2. The van der Waals surface area contributed by atoms with Gasteiger partial charge in [0.05, 0.1) is 5.56 Å². The standard InChI is InChI=1S/C9H10N2O2S/c1-5-7(12)10-8-6(3-4-14-8)9(13)11(5)2/h3-5H,1-2H3,(H,10,12)/t5-/m0/s1. The third-order valence-electron chi connectivity index (χ3n) is 2.41. The molecular formula is C9H10N2O2S. The predicted octanol–water partition coefficient (Wildman–Crippen LogP) is 1.16. The smallest absolute Gasteiger partial charge is 0.257 e. The zero-order valence-corrected chi connectivity index (χ0v) is 8.72. The van der Waals surface area contributed by atoms with Gasteiger partial charge in [-0.05, 0) is 18.4 Å². The van der Waals surface area contributed by atoms with E-state index in [9.17, 15) is 9.59 Å². The first kappa shape index (κ1) is 9.21. The first-order valence-electron chi connectivity index (χ1n) is 4.27. The van der Waals surface area contributed by atoms with Crippen LogP contribution in [-0.4, -0.2) is 29.8 Å². The number of rotatable bonds is 0. The molecular weight excluding hydrogens is 200 g/mol. The molecule has 5 heteroatoms. The van der Waals surface area contributed by atoms with E-state index in [0.717, 1.165) is 0 Å². The molecule has 0 spiro atoms. The van der Waals surface area contributed by atoms with E-state index in [1.807, 2.05) is 0 Å². The van der Waals surface area contributed by atoms with E-state index in [1.165, 1.54) is 16.2 Å². The lowest BCUT2D eigenvalue weighted by atomic mass is 10.2. The van der Waals surface area contributed by atoms with Crippen LogP contribution in [0.5, 0.6) is 0 Å². The Bertz CT molecular complexity index is 399. The van der Waals surface area contributed by atoms with Crippen molar-refractivity contribution in [2.75, 3.05) is 12.4 Å². The minimum absolute atomic E-state index is 0.105. The summed E-state index contributed by atoms with van der Waals surface area (Å²) in [4.78, 5) is 24.8. The van der Waals surface area contributed by atoms with E-state index >= 15 is 0 Å². The SMILES string of the molecule is C[C@H]1C(=O)Nc2sccc2C(=O)N1C. The number of carbonyl (C=O) groups excluding carboxylic acids is 2. The molecule has 0 radical (unpaired) electrons. The number of nitrogens with one attached hydrogen (secondary N) is 1. The largest absolute Gasteiger partial charge is 0.330 e. The van der Waals surface area contributed by atoms with Crippen LogP contribution in [0.15, 0.2) is 11.4 Å². The number of nitrogens with zero attached hydrogens (tertiary/aromatic N) is 1. The highest BCUT2D eigenvalue weighted by atomic mass is 32.1. The zero-order valence-electron chi connectivity index (χ0n) is 7.90. The van der Waals surface area contributed by atoms with Gasteiger partial charge >= 0.3 is 0 Å². The molecule has 0 saturated carbocycles. The first-order valence-corrected chi connectivity index (χ1v) is 5.14. The van der Waals surface area contributed by atoms with Gasteiger partial charge in [0.1, 0.15) is 11.0 Å². The highest BCUT2D eigenvalue weighted by molar-refractivity contribution is 7.14.